The molecule has 6 nitrogen and oxygen atoms in total. The number of rotatable bonds is 4. The zero-order valence-corrected chi connectivity index (χ0v) is 11.8. The van der Waals surface area contributed by atoms with Crippen LogP contribution in [-0.4, -0.2) is 33.9 Å². The first kappa shape index (κ1) is 14.3. The lowest BCUT2D eigenvalue weighted by atomic mass is 10.2. The first-order chi connectivity index (χ1) is 9.45. The molecule has 1 aliphatic rings. The molecule has 0 fully saturated rings. The van der Waals surface area contributed by atoms with E-state index in [1.54, 1.807) is 30.0 Å². The summed E-state index contributed by atoms with van der Waals surface area (Å²) in [7, 11) is -3.66. The maximum atomic E-state index is 11.8. The monoisotopic (exact) mass is 294 g/mol. The van der Waals surface area contributed by atoms with Crippen molar-refractivity contribution in [3.63, 3.8) is 0 Å². The van der Waals surface area contributed by atoms with Crippen LogP contribution in [0.25, 0.3) is 0 Å². The van der Waals surface area contributed by atoms with Crippen LogP contribution < -0.4 is 4.90 Å². The van der Waals surface area contributed by atoms with Crippen LogP contribution in [-0.2, 0) is 19.6 Å². The molecule has 0 unspecified atom stereocenters. The zero-order chi connectivity index (χ0) is 14.8. The van der Waals surface area contributed by atoms with E-state index in [0.717, 1.165) is 0 Å². The Bertz CT molecular complexity index is 679. The van der Waals surface area contributed by atoms with Gasteiger partial charge in [0.2, 0.25) is 0 Å². The molecule has 0 aromatic heterocycles. The lowest BCUT2D eigenvalue weighted by Crippen LogP contribution is -2.31. The van der Waals surface area contributed by atoms with Crippen LogP contribution in [0.3, 0.4) is 0 Å². The molecule has 106 valence electrons. The number of anilines is 1. The van der Waals surface area contributed by atoms with Crippen molar-refractivity contribution in [1.29, 1.82) is 0 Å². The Labute approximate surface area is 117 Å². The van der Waals surface area contributed by atoms with E-state index in [4.69, 9.17) is 4.74 Å². The second kappa shape index (κ2) is 5.46. The van der Waals surface area contributed by atoms with E-state index in [9.17, 15) is 13.2 Å². The van der Waals surface area contributed by atoms with Crippen LogP contribution >= 0.6 is 0 Å². The first-order valence-corrected chi connectivity index (χ1v) is 7.40. The Balaban J connectivity index is 2.27. The van der Waals surface area contributed by atoms with Crippen LogP contribution in [0.15, 0.2) is 45.7 Å². The van der Waals surface area contributed by atoms with Crippen molar-refractivity contribution < 1.29 is 17.9 Å². The fourth-order valence-corrected chi connectivity index (χ4v) is 2.83. The molecule has 0 bridgehead atoms. The second-order valence-electron chi connectivity index (χ2n) is 4.12. The molecule has 2 rings (SSSR count). The lowest BCUT2D eigenvalue weighted by molar-refractivity contribution is -0.138. The van der Waals surface area contributed by atoms with Gasteiger partial charge in [0, 0.05) is 5.57 Å². The quantitative estimate of drug-likeness (QED) is 0.619. The van der Waals surface area contributed by atoms with E-state index >= 15 is 0 Å². The van der Waals surface area contributed by atoms with Crippen molar-refractivity contribution in [2.45, 2.75) is 11.8 Å². The summed E-state index contributed by atoms with van der Waals surface area (Å²) >= 11 is 0. The van der Waals surface area contributed by atoms with Crippen LogP contribution in [0.5, 0.6) is 0 Å². The Morgan fingerprint density at radius 2 is 2.10 bits per heavy atom. The SMILES string of the molecule is C=C(CN1C=NS(=O)(=O)c2ccccc21)C(=O)OCC. The number of nitrogens with zero attached hydrogens (tertiary/aromatic N) is 2. The lowest BCUT2D eigenvalue weighted by Gasteiger charge is -2.25. The van der Waals surface area contributed by atoms with Crippen molar-refractivity contribution in [2.75, 3.05) is 18.1 Å². The number of para-hydroxylation sites is 1. The molecular formula is C13H14N2O4S. The molecule has 0 saturated heterocycles. The maximum Gasteiger partial charge on any atom is 0.335 e. The maximum absolute atomic E-state index is 11.8. The summed E-state index contributed by atoms with van der Waals surface area (Å²) in [6.07, 6.45) is 1.18. The van der Waals surface area contributed by atoms with Crippen LogP contribution in [0.1, 0.15) is 6.92 Å². The number of benzene rings is 1. The van der Waals surface area contributed by atoms with Gasteiger partial charge in [0.1, 0.15) is 11.2 Å². The highest BCUT2D eigenvalue weighted by molar-refractivity contribution is 7.90. The van der Waals surface area contributed by atoms with Gasteiger partial charge in [-0.15, -0.1) is 4.40 Å². The molecule has 7 heteroatoms. The van der Waals surface area contributed by atoms with Crippen molar-refractivity contribution in [3.8, 4) is 0 Å². The number of sulfonamides is 1. The highest BCUT2D eigenvalue weighted by Crippen LogP contribution is 2.29. The topological polar surface area (TPSA) is 76.0 Å². The van der Waals surface area contributed by atoms with Gasteiger partial charge in [0.05, 0.1) is 18.8 Å². The van der Waals surface area contributed by atoms with Crippen LogP contribution in [0.4, 0.5) is 5.69 Å². The van der Waals surface area contributed by atoms with Gasteiger partial charge in [-0.3, -0.25) is 0 Å². The predicted octanol–water partition coefficient (Wildman–Crippen LogP) is 1.34. The molecule has 0 N–H and O–H groups in total. The fraction of sp³-hybridized carbons (Fsp3) is 0.231. The number of carbonyl (C=O) groups excluding carboxylic acids is 1. The Morgan fingerprint density at radius 1 is 1.40 bits per heavy atom. The van der Waals surface area contributed by atoms with E-state index < -0.39 is 16.0 Å². The summed E-state index contributed by atoms with van der Waals surface area (Å²) in [5.74, 6) is -0.508. The van der Waals surface area contributed by atoms with Crippen molar-refractivity contribution in [3.05, 3.63) is 36.4 Å². The predicted molar refractivity (Wildman–Crippen MR) is 75.2 cm³/mol. The highest BCUT2D eigenvalue weighted by Gasteiger charge is 2.25. The number of esters is 1. The minimum Gasteiger partial charge on any atom is -0.463 e. The van der Waals surface area contributed by atoms with Gasteiger partial charge < -0.3 is 9.64 Å². The average Bonchev–Trinajstić information content (AvgIpc) is 2.42. The number of hydrogen-bond acceptors (Lipinski definition) is 5. The Morgan fingerprint density at radius 3 is 2.80 bits per heavy atom. The van der Waals surface area contributed by atoms with Crippen molar-refractivity contribution >= 4 is 28.0 Å². The molecule has 1 aromatic rings. The number of fused-ring (bicyclic) bond motifs is 1. The Hall–Kier alpha value is -2.15. The first-order valence-electron chi connectivity index (χ1n) is 5.96. The van der Waals surface area contributed by atoms with Gasteiger partial charge in [-0.1, -0.05) is 18.7 Å². The molecule has 1 aliphatic heterocycles. The van der Waals surface area contributed by atoms with Crippen LogP contribution in [0.2, 0.25) is 0 Å². The van der Waals surface area contributed by atoms with Crippen LogP contribution in [0, 0.1) is 0 Å². The summed E-state index contributed by atoms with van der Waals surface area (Å²) < 4.78 is 32.0. The highest BCUT2D eigenvalue weighted by atomic mass is 32.2. The van der Waals surface area contributed by atoms with Crippen molar-refractivity contribution in [1.82, 2.24) is 0 Å². The molecular weight excluding hydrogens is 280 g/mol. The third-order valence-electron chi connectivity index (χ3n) is 2.70. The summed E-state index contributed by atoms with van der Waals surface area (Å²) in [6.45, 7) is 5.73. The van der Waals surface area contributed by atoms with Gasteiger partial charge >= 0.3 is 5.97 Å². The number of carbonyl (C=O) groups is 1. The fourth-order valence-electron chi connectivity index (χ4n) is 1.78. The van der Waals surface area contributed by atoms with E-state index in [-0.39, 0.29) is 23.6 Å². The molecule has 1 heterocycles. The Kier molecular flexibility index (Phi) is 3.89. The molecule has 0 amide bonds. The van der Waals surface area contributed by atoms with Gasteiger partial charge in [0.25, 0.3) is 10.0 Å². The minimum absolute atomic E-state index is 0.110. The molecule has 1 aromatic carbocycles. The van der Waals surface area contributed by atoms with Gasteiger partial charge in [-0.25, -0.2) is 4.79 Å². The number of ether oxygens (including phenoxy) is 1. The average molecular weight is 294 g/mol. The normalized spacial score (nSPS) is 15.6. The summed E-state index contributed by atoms with van der Waals surface area (Å²) in [5, 5.41) is 0. The van der Waals surface area contributed by atoms with Crippen molar-refractivity contribution in [2.24, 2.45) is 4.40 Å². The molecule has 0 spiro atoms. The molecule has 0 aliphatic carbocycles. The largest absolute Gasteiger partial charge is 0.463 e. The standard InChI is InChI=1S/C13H14N2O4S/c1-3-19-13(16)10(2)8-15-9-14-20(17,18)12-7-5-4-6-11(12)15/h4-7,9H,2-3,8H2,1H3. The minimum atomic E-state index is -3.66. The van der Waals surface area contributed by atoms with E-state index in [1.165, 1.54) is 12.4 Å². The van der Waals surface area contributed by atoms with E-state index in [2.05, 4.69) is 11.0 Å². The van der Waals surface area contributed by atoms with Gasteiger partial charge in [-0.2, -0.15) is 8.42 Å². The summed E-state index contributed by atoms with van der Waals surface area (Å²) in [5.41, 5.74) is 0.695. The van der Waals surface area contributed by atoms with Gasteiger partial charge in [-0.05, 0) is 19.1 Å². The zero-order valence-electron chi connectivity index (χ0n) is 10.9. The summed E-state index contributed by atoms with van der Waals surface area (Å²) in [6, 6.07) is 6.46. The van der Waals surface area contributed by atoms with E-state index in [0.29, 0.717) is 5.69 Å². The summed E-state index contributed by atoms with van der Waals surface area (Å²) in [4.78, 5) is 13.2. The van der Waals surface area contributed by atoms with E-state index in [1.807, 2.05) is 0 Å². The number of hydrogen-bond donors (Lipinski definition) is 0. The third kappa shape index (κ3) is 2.72. The molecule has 20 heavy (non-hydrogen) atoms. The molecule has 0 saturated carbocycles. The smallest absolute Gasteiger partial charge is 0.335 e. The molecule has 0 atom stereocenters. The van der Waals surface area contributed by atoms with Gasteiger partial charge in [0.15, 0.2) is 0 Å². The second-order valence-corrected chi connectivity index (χ2v) is 5.72. The third-order valence-corrected chi connectivity index (χ3v) is 3.98. The molecule has 0 radical (unpaired) electrons.